The summed E-state index contributed by atoms with van der Waals surface area (Å²) in [5, 5.41) is 0.453. The summed E-state index contributed by atoms with van der Waals surface area (Å²) >= 11 is 0. The topological polar surface area (TPSA) is 67.9 Å². The Hall–Kier alpha value is -2.21. The van der Waals surface area contributed by atoms with Crippen LogP contribution in [-0.2, 0) is 16.6 Å². The van der Waals surface area contributed by atoms with Gasteiger partial charge in [0.15, 0.2) is 10.8 Å². The molecular weight excluding hydrogens is 274 g/mol. The number of imidazole rings is 1. The molecule has 0 radical (unpaired) electrons. The van der Waals surface area contributed by atoms with E-state index in [4.69, 9.17) is 4.74 Å². The standard InChI is InChI=1S/C14H13N3O2S/c1-19-11-6-4-10(5-7-11)9-20(18)14-16-12-3-2-8-15-13(12)17-14/h2-8H,9H2,1H3,(H,15,16,17). The maximum Gasteiger partial charge on any atom is 0.199 e. The summed E-state index contributed by atoms with van der Waals surface area (Å²) in [5.41, 5.74) is 2.36. The van der Waals surface area contributed by atoms with Gasteiger partial charge >= 0.3 is 0 Å². The third-order valence-electron chi connectivity index (χ3n) is 2.91. The van der Waals surface area contributed by atoms with E-state index in [1.165, 1.54) is 0 Å². The lowest BCUT2D eigenvalue weighted by Gasteiger charge is -2.02. The number of hydrogen-bond donors (Lipinski definition) is 1. The van der Waals surface area contributed by atoms with Crippen LogP contribution in [-0.4, -0.2) is 26.3 Å². The van der Waals surface area contributed by atoms with E-state index < -0.39 is 10.8 Å². The van der Waals surface area contributed by atoms with E-state index in [2.05, 4.69) is 15.0 Å². The predicted octanol–water partition coefficient (Wildman–Crippen LogP) is 2.27. The SMILES string of the molecule is COc1ccc(CS(=O)c2nc3ncccc3[nH]2)cc1. The number of methoxy groups -OCH3 is 1. The molecule has 0 fully saturated rings. The maximum atomic E-state index is 12.3. The second-order valence-corrected chi connectivity index (χ2v) is 5.62. The molecule has 1 N–H and O–H groups in total. The van der Waals surface area contributed by atoms with Gasteiger partial charge in [-0.1, -0.05) is 12.1 Å². The molecule has 1 unspecified atom stereocenters. The Morgan fingerprint density at radius 2 is 2.05 bits per heavy atom. The number of benzene rings is 1. The van der Waals surface area contributed by atoms with Crippen LogP contribution in [0.5, 0.6) is 5.75 Å². The van der Waals surface area contributed by atoms with Crippen molar-refractivity contribution >= 4 is 22.0 Å². The molecule has 3 aromatic rings. The molecule has 1 aromatic carbocycles. The zero-order valence-corrected chi connectivity index (χ0v) is 11.7. The fourth-order valence-electron chi connectivity index (χ4n) is 1.87. The molecule has 6 heteroatoms. The van der Waals surface area contributed by atoms with Crippen molar-refractivity contribution in [3.05, 3.63) is 48.2 Å². The highest BCUT2D eigenvalue weighted by molar-refractivity contribution is 7.84. The summed E-state index contributed by atoms with van der Waals surface area (Å²) in [4.78, 5) is 11.4. The number of nitrogens with one attached hydrogen (secondary N) is 1. The van der Waals surface area contributed by atoms with Gasteiger partial charge < -0.3 is 9.72 Å². The first-order valence-electron chi connectivity index (χ1n) is 6.08. The molecule has 102 valence electrons. The summed E-state index contributed by atoms with van der Waals surface area (Å²) in [6, 6.07) is 11.2. The minimum Gasteiger partial charge on any atom is -0.497 e. The van der Waals surface area contributed by atoms with Crippen LogP contribution in [0.15, 0.2) is 47.8 Å². The number of rotatable bonds is 4. The zero-order valence-electron chi connectivity index (χ0n) is 10.9. The molecule has 0 spiro atoms. The van der Waals surface area contributed by atoms with Crippen molar-refractivity contribution in [2.24, 2.45) is 0 Å². The first kappa shape index (κ1) is 12.8. The maximum absolute atomic E-state index is 12.3. The number of nitrogens with zero attached hydrogens (tertiary/aromatic N) is 2. The summed E-state index contributed by atoms with van der Waals surface area (Å²) in [6.07, 6.45) is 1.67. The number of aromatic amines is 1. The number of ether oxygens (including phenoxy) is 1. The fraction of sp³-hybridized carbons (Fsp3) is 0.143. The van der Waals surface area contributed by atoms with Gasteiger partial charge in [-0.15, -0.1) is 0 Å². The molecule has 2 aromatic heterocycles. The molecule has 0 aliphatic heterocycles. The van der Waals surface area contributed by atoms with Crippen molar-refractivity contribution in [2.45, 2.75) is 10.9 Å². The Morgan fingerprint density at radius 3 is 2.75 bits per heavy atom. The van der Waals surface area contributed by atoms with Gasteiger partial charge in [0.2, 0.25) is 0 Å². The van der Waals surface area contributed by atoms with Crippen molar-refractivity contribution in [3.63, 3.8) is 0 Å². The van der Waals surface area contributed by atoms with E-state index in [9.17, 15) is 4.21 Å². The van der Waals surface area contributed by atoms with E-state index in [0.717, 1.165) is 16.8 Å². The second kappa shape index (κ2) is 5.42. The van der Waals surface area contributed by atoms with Crippen LogP contribution in [0.3, 0.4) is 0 Å². The zero-order chi connectivity index (χ0) is 13.9. The van der Waals surface area contributed by atoms with Crippen molar-refractivity contribution in [2.75, 3.05) is 7.11 Å². The molecular formula is C14H13N3O2S. The average molecular weight is 287 g/mol. The molecule has 0 aliphatic carbocycles. The Morgan fingerprint density at radius 1 is 1.25 bits per heavy atom. The van der Waals surface area contributed by atoms with Gasteiger partial charge in [-0.25, -0.2) is 9.97 Å². The van der Waals surface area contributed by atoms with Crippen LogP contribution < -0.4 is 4.74 Å². The van der Waals surface area contributed by atoms with Crippen LogP contribution in [0.25, 0.3) is 11.2 Å². The first-order valence-corrected chi connectivity index (χ1v) is 7.40. The fourth-order valence-corrected chi connectivity index (χ4v) is 2.92. The Labute approximate surface area is 118 Å². The van der Waals surface area contributed by atoms with Gasteiger partial charge in [-0.3, -0.25) is 4.21 Å². The van der Waals surface area contributed by atoms with E-state index in [-0.39, 0.29) is 0 Å². The molecule has 5 nitrogen and oxygen atoms in total. The highest BCUT2D eigenvalue weighted by Crippen LogP contribution is 2.16. The molecule has 0 saturated carbocycles. The van der Waals surface area contributed by atoms with Gasteiger partial charge in [0.05, 0.1) is 29.2 Å². The van der Waals surface area contributed by atoms with Crippen molar-refractivity contribution < 1.29 is 8.95 Å². The lowest BCUT2D eigenvalue weighted by Crippen LogP contribution is -1.98. The monoisotopic (exact) mass is 287 g/mol. The number of aromatic nitrogens is 3. The van der Waals surface area contributed by atoms with Crippen molar-refractivity contribution in [1.82, 2.24) is 15.0 Å². The summed E-state index contributed by atoms with van der Waals surface area (Å²) in [6.45, 7) is 0. The molecule has 0 amide bonds. The highest BCUT2D eigenvalue weighted by Gasteiger charge is 2.11. The second-order valence-electron chi connectivity index (χ2n) is 4.25. The number of pyridine rings is 1. The van der Waals surface area contributed by atoms with Gasteiger partial charge in [-0.05, 0) is 29.8 Å². The van der Waals surface area contributed by atoms with E-state index in [1.807, 2.05) is 36.4 Å². The summed E-state index contributed by atoms with van der Waals surface area (Å²) in [5.74, 6) is 1.19. The van der Waals surface area contributed by atoms with Gasteiger partial charge in [0.25, 0.3) is 0 Å². The van der Waals surface area contributed by atoms with E-state index in [1.54, 1.807) is 13.3 Å². The van der Waals surface area contributed by atoms with Crippen LogP contribution >= 0.6 is 0 Å². The normalized spacial score (nSPS) is 12.4. The van der Waals surface area contributed by atoms with E-state index in [0.29, 0.717) is 16.6 Å². The van der Waals surface area contributed by atoms with Gasteiger partial charge in [-0.2, -0.15) is 0 Å². The highest BCUT2D eigenvalue weighted by atomic mass is 32.2. The molecule has 0 saturated heterocycles. The van der Waals surface area contributed by atoms with Crippen LogP contribution in [0.2, 0.25) is 0 Å². The third kappa shape index (κ3) is 2.55. The molecule has 20 heavy (non-hydrogen) atoms. The molecule has 2 heterocycles. The van der Waals surface area contributed by atoms with Crippen LogP contribution in [0.4, 0.5) is 0 Å². The Balaban J connectivity index is 1.81. The van der Waals surface area contributed by atoms with Gasteiger partial charge in [0, 0.05) is 6.20 Å². The smallest absolute Gasteiger partial charge is 0.199 e. The quantitative estimate of drug-likeness (QED) is 0.799. The largest absolute Gasteiger partial charge is 0.497 e. The number of H-pyrrole nitrogens is 1. The number of hydrogen-bond acceptors (Lipinski definition) is 4. The number of fused-ring (bicyclic) bond motifs is 1. The Kier molecular flexibility index (Phi) is 3.47. The molecule has 0 aliphatic rings. The minimum absolute atomic E-state index is 0.407. The summed E-state index contributed by atoms with van der Waals surface area (Å²) < 4.78 is 17.4. The van der Waals surface area contributed by atoms with Crippen LogP contribution in [0, 0.1) is 0 Å². The average Bonchev–Trinajstić information content (AvgIpc) is 2.92. The molecule has 3 rings (SSSR count). The Bertz CT molecular complexity index is 719. The van der Waals surface area contributed by atoms with Gasteiger partial charge in [0.1, 0.15) is 5.75 Å². The lowest BCUT2D eigenvalue weighted by atomic mass is 10.2. The molecule has 1 atom stereocenters. The summed E-state index contributed by atoms with van der Waals surface area (Å²) in [7, 11) is 0.397. The van der Waals surface area contributed by atoms with Crippen molar-refractivity contribution in [3.8, 4) is 5.75 Å². The predicted molar refractivity (Wildman–Crippen MR) is 77.0 cm³/mol. The molecule has 0 bridgehead atoms. The van der Waals surface area contributed by atoms with E-state index >= 15 is 0 Å². The minimum atomic E-state index is -1.22. The first-order chi connectivity index (χ1) is 9.76. The van der Waals surface area contributed by atoms with Crippen LogP contribution in [0.1, 0.15) is 5.56 Å². The van der Waals surface area contributed by atoms with Crippen molar-refractivity contribution in [1.29, 1.82) is 0 Å². The third-order valence-corrected chi connectivity index (χ3v) is 4.13. The lowest BCUT2D eigenvalue weighted by molar-refractivity contribution is 0.414.